The standard InChI is InChI=1S/C16H25N3O2/c1-12(2)10-18-15(20)11-19(3)16(21)9-6-13-4-7-14(17)8-5-13/h4-5,7-8,12H,6,9-11,17H2,1-3H3,(H,18,20). The molecule has 0 aliphatic rings. The van der Waals surface area contributed by atoms with Crippen molar-refractivity contribution in [1.82, 2.24) is 10.2 Å². The van der Waals surface area contributed by atoms with Crippen molar-refractivity contribution in [2.24, 2.45) is 5.92 Å². The van der Waals surface area contributed by atoms with Crippen LogP contribution >= 0.6 is 0 Å². The number of carbonyl (C=O) groups is 2. The van der Waals surface area contributed by atoms with E-state index >= 15 is 0 Å². The highest BCUT2D eigenvalue weighted by Crippen LogP contribution is 2.08. The number of amides is 2. The van der Waals surface area contributed by atoms with Gasteiger partial charge in [0.15, 0.2) is 0 Å². The molecule has 5 heteroatoms. The Balaban J connectivity index is 2.33. The summed E-state index contributed by atoms with van der Waals surface area (Å²) in [5.41, 5.74) is 7.39. The van der Waals surface area contributed by atoms with Crippen LogP contribution in [-0.2, 0) is 16.0 Å². The van der Waals surface area contributed by atoms with Crippen LogP contribution in [0.25, 0.3) is 0 Å². The third-order valence-corrected chi connectivity index (χ3v) is 3.12. The fourth-order valence-electron chi connectivity index (χ4n) is 1.80. The Morgan fingerprint density at radius 3 is 2.43 bits per heavy atom. The molecular weight excluding hydrogens is 266 g/mol. The predicted octanol–water partition coefficient (Wildman–Crippen LogP) is 1.43. The van der Waals surface area contributed by atoms with Crippen LogP contribution in [0.5, 0.6) is 0 Å². The zero-order valence-electron chi connectivity index (χ0n) is 13.1. The number of likely N-dealkylation sites (N-methyl/N-ethyl adjacent to an activating group) is 1. The van der Waals surface area contributed by atoms with Gasteiger partial charge < -0.3 is 16.0 Å². The number of aryl methyl sites for hydroxylation is 1. The van der Waals surface area contributed by atoms with Crippen molar-refractivity contribution in [3.63, 3.8) is 0 Å². The number of benzene rings is 1. The number of hydrogen-bond donors (Lipinski definition) is 2. The number of nitrogen functional groups attached to an aromatic ring is 1. The molecule has 5 nitrogen and oxygen atoms in total. The van der Waals surface area contributed by atoms with Gasteiger partial charge in [-0.25, -0.2) is 0 Å². The number of rotatable bonds is 7. The van der Waals surface area contributed by atoms with Gasteiger partial charge in [-0.3, -0.25) is 9.59 Å². The maximum Gasteiger partial charge on any atom is 0.239 e. The lowest BCUT2D eigenvalue weighted by Crippen LogP contribution is -2.39. The monoisotopic (exact) mass is 291 g/mol. The molecule has 3 N–H and O–H groups in total. The first-order chi connectivity index (χ1) is 9.88. The van der Waals surface area contributed by atoms with Crippen LogP contribution in [0.4, 0.5) is 5.69 Å². The van der Waals surface area contributed by atoms with Crippen molar-refractivity contribution in [1.29, 1.82) is 0 Å². The molecular formula is C16H25N3O2. The highest BCUT2D eigenvalue weighted by atomic mass is 16.2. The minimum Gasteiger partial charge on any atom is -0.399 e. The molecule has 0 unspecified atom stereocenters. The van der Waals surface area contributed by atoms with E-state index in [2.05, 4.69) is 5.32 Å². The molecule has 0 bridgehead atoms. The largest absolute Gasteiger partial charge is 0.399 e. The summed E-state index contributed by atoms with van der Waals surface area (Å²) in [4.78, 5) is 25.1. The maximum absolute atomic E-state index is 12.0. The average Bonchev–Trinajstić information content (AvgIpc) is 2.44. The van der Waals surface area contributed by atoms with E-state index in [0.29, 0.717) is 31.0 Å². The van der Waals surface area contributed by atoms with E-state index < -0.39 is 0 Å². The van der Waals surface area contributed by atoms with Gasteiger partial charge in [-0.05, 0) is 30.0 Å². The maximum atomic E-state index is 12.0. The molecule has 0 spiro atoms. The van der Waals surface area contributed by atoms with Crippen LogP contribution in [0, 0.1) is 5.92 Å². The Morgan fingerprint density at radius 2 is 1.86 bits per heavy atom. The molecule has 0 saturated heterocycles. The van der Waals surface area contributed by atoms with Gasteiger partial charge in [0.2, 0.25) is 11.8 Å². The smallest absolute Gasteiger partial charge is 0.239 e. The Hall–Kier alpha value is -2.04. The molecule has 1 aromatic rings. The quantitative estimate of drug-likeness (QED) is 0.746. The summed E-state index contributed by atoms with van der Waals surface area (Å²) in [6.07, 6.45) is 1.04. The first-order valence-electron chi connectivity index (χ1n) is 7.23. The Kier molecular flexibility index (Phi) is 6.72. The highest BCUT2D eigenvalue weighted by Gasteiger charge is 2.12. The van der Waals surface area contributed by atoms with E-state index in [1.807, 2.05) is 38.1 Å². The molecule has 0 atom stereocenters. The van der Waals surface area contributed by atoms with E-state index in [9.17, 15) is 9.59 Å². The SMILES string of the molecule is CC(C)CNC(=O)CN(C)C(=O)CCc1ccc(N)cc1. The minimum absolute atomic E-state index is 0.0356. The minimum atomic E-state index is -0.118. The molecule has 1 rings (SSSR count). The predicted molar refractivity (Wildman–Crippen MR) is 84.7 cm³/mol. The van der Waals surface area contributed by atoms with Gasteiger partial charge in [0.05, 0.1) is 6.54 Å². The summed E-state index contributed by atoms with van der Waals surface area (Å²) in [6.45, 7) is 4.79. The van der Waals surface area contributed by atoms with Crippen LogP contribution in [-0.4, -0.2) is 36.9 Å². The van der Waals surface area contributed by atoms with Crippen molar-refractivity contribution in [2.75, 3.05) is 25.9 Å². The van der Waals surface area contributed by atoms with Crippen molar-refractivity contribution in [3.05, 3.63) is 29.8 Å². The van der Waals surface area contributed by atoms with Crippen LogP contribution in [0.15, 0.2) is 24.3 Å². The zero-order chi connectivity index (χ0) is 15.8. The number of hydrogen-bond acceptors (Lipinski definition) is 3. The highest BCUT2D eigenvalue weighted by molar-refractivity contribution is 5.84. The molecule has 2 amide bonds. The van der Waals surface area contributed by atoms with E-state index in [-0.39, 0.29) is 18.4 Å². The van der Waals surface area contributed by atoms with Crippen LogP contribution in [0.1, 0.15) is 25.8 Å². The van der Waals surface area contributed by atoms with Crippen LogP contribution in [0.2, 0.25) is 0 Å². The number of nitrogens with one attached hydrogen (secondary N) is 1. The molecule has 0 saturated carbocycles. The second-order valence-corrected chi connectivity index (χ2v) is 5.69. The fraction of sp³-hybridized carbons (Fsp3) is 0.500. The third-order valence-electron chi connectivity index (χ3n) is 3.12. The molecule has 0 aliphatic heterocycles. The van der Waals surface area contributed by atoms with Gasteiger partial charge in [-0.15, -0.1) is 0 Å². The lowest BCUT2D eigenvalue weighted by molar-refractivity contribution is -0.134. The first-order valence-corrected chi connectivity index (χ1v) is 7.23. The normalized spacial score (nSPS) is 10.5. The topological polar surface area (TPSA) is 75.4 Å². The molecule has 0 aliphatic carbocycles. The Morgan fingerprint density at radius 1 is 1.24 bits per heavy atom. The lowest BCUT2D eigenvalue weighted by atomic mass is 10.1. The Labute approximate surface area is 126 Å². The van der Waals surface area contributed by atoms with E-state index in [1.54, 1.807) is 7.05 Å². The zero-order valence-corrected chi connectivity index (χ0v) is 13.1. The molecule has 0 fully saturated rings. The second-order valence-electron chi connectivity index (χ2n) is 5.69. The molecule has 21 heavy (non-hydrogen) atoms. The van der Waals surface area contributed by atoms with Crippen LogP contribution < -0.4 is 11.1 Å². The van der Waals surface area contributed by atoms with Crippen LogP contribution in [0.3, 0.4) is 0 Å². The van der Waals surface area contributed by atoms with E-state index in [0.717, 1.165) is 5.56 Å². The summed E-state index contributed by atoms with van der Waals surface area (Å²) in [7, 11) is 1.65. The molecule has 116 valence electrons. The fourth-order valence-corrected chi connectivity index (χ4v) is 1.80. The van der Waals surface area contributed by atoms with Gasteiger partial charge in [-0.1, -0.05) is 26.0 Å². The summed E-state index contributed by atoms with van der Waals surface area (Å²) < 4.78 is 0. The summed E-state index contributed by atoms with van der Waals surface area (Å²) in [5, 5.41) is 2.80. The molecule has 0 aromatic heterocycles. The number of nitrogens with two attached hydrogens (primary N) is 1. The Bertz CT molecular complexity index is 469. The number of nitrogens with zero attached hydrogens (tertiary/aromatic N) is 1. The van der Waals surface area contributed by atoms with Gasteiger partial charge >= 0.3 is 0 Å². The van der Waals surface area contributed by atoms with Crippen molar-refractivity contribution < 1.29 is 9.59 Å². The van der Waals surface area contributed by atoms with E-state index in [1.165, 1.54) is 4.90 Å². The van der Waals surface area contributed by atoms with E-state index in [4.69, 9.17) is 5.73 Å². The number of carbonyl (C=O) groups excluding carboxylic acids is 2. The molecule has 0 heterocycles. The summed E-state index contributed by atoms with van der Waals surface area (Å²) in [6, 6.07) is 7.47. The van der Waals surface area contributed by atoms with Gasteiger partial charge in [-0.2, -0.15) is 0 Å². The molecule has 0 radical (unpaired) electrons. The lowest BCUT2D eigenvalue weighted by Gasteiger charge is -2.17. The summed E-state index contributed by atoms with van der Waals surface area (Å²) in [5.74, 6) is 0.249. The first kappa shape index (κ1) is 17.0. The van der Waals surface area contributed by atoms with Crippen molar-refractivity contribution >= 4 is 17.5 Å². The van der Waals surface area contributed by atoms with Gasteiger partial charge in [0.1, 0.15) is 0 Å². The second kappa shape index (κ2) is 8.29. The third kappa shape index (κ3) is 6.79. The molecule has 1 aromatic carbocycles. The van der Waals surface area contributed by atoms with Crippen molar-refractivity contribution in [3.8, 4) is 0 Å². The van der Waals surface area contributed by atoms with Gasteiger partial charge in [0.25, 0.3) is 0 Å². The average molecular weight is 291 g/mol. The number of anilines is 1. The summed E-state index contributed by atoms with van der Waals surface area (Å²) >= 11 is 0. The van der Waals surface area contributed by atoms with Crippen molar-refractivity contribution in [2.45, 2.75) is 26.7 Å². The van der Waals surface area contributed by atoms with Gasteiger partial charge in [0, 0.05) is 25.7 Å².